The summed E-state index contributed by atoms with van der Waals surface area (Å²) in [4.78, 5) is 0. The fourth-order valence-electron chi connectivity index (χ4n) is 4.41. The van der Waals surface area contributed by atoms with Gasteiger partial charge in [0, 0.05) is 12.2 Å². The van der Waals surface area contributed by atoms with Gasteiger partial charge in [-0.15, -0.1) is 0 Å². The molecule has 0 heterocycles. The standard InChI is InChI=1S/C25H44O3Si/c1-7-21(6)22-9-11-23(12-10-22)24-13-15-25(16-14-24)26-17-8-18-29(27-19(2)3)28-20(4)5/h13-16,19-23,29H,7-12,17-18H2,1-6H3. The molecule has 1 saturated carbocycles. The van der Waals surface area contributed by atoms with E-state index in [0.717, 1.165) is 42.6 Å². The lowest BCUT2D eigenvalue weighted by Gasteiger charge is -2.32. The Morgan fingerprint density at radius 1 is 0.897 bits per heavy atom. The summed E-state index contributed by atoms with van der Waals surface area (Å²) in [7, 11) is -1.60. The van der Waals surface area contributed by atoms with E-state index >= 15 is 0 Å². The number of rotatable bonds is 12. The average Bonchev–Trinajstić information content (AvgIpc) is 2.70. The molecule has 0 amide bonds. The van der Waals surface area contributed by atoms with E-state index in [0.29, 0.717) is 0 Å². The zero-order valence-electron chi connectivity index (χ0n) is 19.7. The van der Waals surface area contributed by atoms with Crippen molar-refractivity contribution in [3.63, 3.8) is 0 Å². The summed E-state index contributed by atoms with van der Waals surface area (Å²) >= 11 is 0. The molecule has 2 rings (SSSR count). The van der Waals surface area contributed by atoms with Crippen LogP contribution in [0.1, 0.15) is 91.5 Å². The Bertz CT molecular complexity index is 540. The Labute approximate surface area is 181 Å². The Morgan fingerprint density at radius 3 is 2.00 bits per heavy atom. The molecule has 1 atom stereocenters. The molecule has 166 valence electrons. The van der Waals surface area contributed by atoms with Crippen LogP contribution in [0.4, 0.5) is 0 Å². The molecule has 3 nitrogen and oxygen atoms in total. The lowest BCUT2D eigenvalue weighted by Crippen LogP contribution is -2.29. The third-order valence-electron chi connectivity index (χ3n) is 6.27. The van der Waals surface area contributed by atoms with E-state index in [9.17, 15) is 0 Å². The first-order valence-electron chi connectivity index (χ1n) is 11.9. The van der Waals surface area contributed by atoms with Crippen LogP contribution < -0.4 is 4.74 Å². The van der Waals surface area contributed by atoms with Crippen LogP contribution in [-0.4, -0.2) is 28.1 Å². The molecule has 1 fully saturated rings. The molecule has 1 unspecified atom stereocenters. The van der Waals surface area contributed by atoms with E-state index in [2.05, 4.69) is 65.8 Å². The second-order valence-electron chi connectivity index (χ2n) is 9.36. The lowest BCUT2D eigenvalue weighted by atomic mass is 9.74. The molecule has 0 N–H and O–H groups in total. The largest absolute Gasteiger partial charge is 0.494 e. The van der Waals surface area contributed by atoms with Crippen LogP contribution in [-0.2, 0) is 8.85 Å². The fourth-order valence-corrected chi connectivity index (χ4v) is 6.46. The zero-order chi connectivity index (χ0) is 21.2. The van der Waals surface area contributed by atoms with Crippen LogP contribution in [0.5, 0.6) is 5.75 Å². The van der Waals surface area contributed by atoms with Crippen molar-refractivity contribution in [3.8, 4) is 5.75 Å². The van der Waals surface area contributed by atoms with Crippen molar-refractivity contribution in [1.82, 2.24) is 0 Å². The highest BCUT2D eigenvalue weighted by Crippen LogP contribution is 2.39. The lowest BCUT2D eigenvalue weighted by molar-refractivity contribution is 0.128. The third kappa shape index (κ3) is 8.81. The number of hydrogen-bond acceptors (Lipinski definition) is 3. The summed E-state index contributed by atoms with van der Waals surface area (Å²) in [6.45, 7) is 13.8. The van der Waals surface area contributed by atoms with Gasteiger partial charge in [0.1, 0.15) is 5.75 Å². The number of benzene rings is 1. The summed E-state index contributed by atoms with van der Waals surface area (Å²) < 4.78 is 18.0. The first-order valence-corrected chi connectivity index (χ1v) is 13.7. The van der Waals surface area contributed by atoms with Crippen molar-refractivity contribution in [2.24, 2.45) is 11.8 Å². The van der Waals surface area contributed by atoms with E-state index in [1.54, 1.807) is 0 Å². The predicted octanol–water partition coefficient (Wildman–Crippen LogP) is 6.85. The molecule has 0 saturated heterocycles. The minimum atomic E-state index is -1.60. The molecule has 29 heavy (non-hydrogen) atoms. The van der Waals surface area contributed by atoms with Crippen molar-refractivity contribution in [1.29, 1.82) is 0 Å². The van der Waals surface area contributed by atoms with Gasteiger partial charge in [0.2, 0.25) is 0 Å². The molecule has 1 aromatic rings. The van der Waals surface area contributed by atoms with Gasteiger partial charge in [0.15, 0.2) is 0 Å². The maximum atomic E-state index is 5.99. The normalized spacial score (nSPS) is 21.1. The van der Waals surface area contributed by atoms with Crippen LogP contribution in [0, 0.1) is 11.8 Å². The van der Waals surface area contributed by atoms with Crippen LogP contribution in [0.3, 0.4) is 0 Å². The van der Waals surface area contributed by atoms with Crippen molar-refractivity contribution in [3.05, 3.63) is 29.8 Å². The zero-order valence-corrected chi connectivity index (χ0v) is 20.8. The number of ether oxygens (including phenoxy) is 1. The smallest absolute Gasteiger partial charge is 0.321 e. The van der Waals surface area contributed by atoms with Crippen molar-refractivity contribution in [2.45, 2.75) is 104 Å². The van der Waals surface area contributed by atoms with Crippen LogP contribution >= 0.6 is 0 Å². The summed E-state index contributed by atoms with van der Waals surface area (Å²) in [5.41, 5.74) is 1.49. The third-order valence-corrected chi connectivity index (χ3v) is 8.85. The minimum absolute atomic E-state index is 0.235. The van der Waals surface area contributed by atoms with Gasteiger partial charge >= 0.3 is 9.28 Å². The quantitative estimate of drug-likeness (QED) is 0.273. The molecule has 0 radical (unpaired) electrons. The van der Waals surface area contributed by atoms with Gasteiger partial charge in [-0.2, -0.15) is 0 Å². The summed E-state index contributed by atoms with van der Waals surface area (Å²) in [6.07, 6.45) is 8.23. The van der Waals surface area contributed by atoms with Crippen LogP contribution in [0.2, 0.25) is 6.04 Å². The van der Waals surface area contributed by atoms with Crippen molar-refractivity contribution < 1.29 is 13.6 Å². The van der Waals surface area contributed by atoms with E-state index in [1.807, 2.05) is 0 Å². The SMILES string of the molecule is CCC(C)C1CCC(c2ccc(OCCC[SiH](OC(C)C)OC(C)C)cc2)CC1. The summed E-state index contributed by atoms with van der Waals surface area (Å²) in [5, 5.41) is 0. The second kappa shape index (κ2) is 12.8. The van der Waals surface area contributed by atoms with Gasteiger partial charge in [-0.1, -0.05) is 32.4 Å². The molecule has 4 heteroatoms. The first kappa shape index (κ1) is 24.4. The molecular formula is C25H44O3Si. The highest BCUT2D eigenvalue weighted by molar-refractivity contribution is 6.44. The van der Waals surface area contributed by atoms with Crippen molar-refractivity contribution in [2.75, 3.05) is 6.61 Å². The van der Waals surface area contributed by atoms with E-state index in [-0.39, 0.29) is 12.2 Å². The van der Waals surface area contributed by atoms with Gasteiger partial charge in [-0.25, -0.2) is 0 Å². The van der Waals surface area contributed by atoms with E-state index in [4.69, 9.17) is 13.6 Å². The molecule has 0 spiro atoms. The van der Waals surface area contributed by atoms with Crippen LogP contribution in [0.15, 0.2) is 24.3 Å². The molecule has 1 aliphatic rings. The van der Waals surface area contributed by atoms with E-state index < -0.39 is 9.28 Å². The van der Waals surface area contributed by atoms with Gasteiger partial charge in [-0.05, 0) is 101 Å². The minimum Gasteiger partial charge on any atom is -0.494 e. The summed E-state index contributed by atoms with van der Waals surface area (Å²) in [5.74, 6) is 3.53. The van der Waals surface area contributed by atoms with Gasteiger partial charge in [-0.3, -0.25) is 0 Å². The highest BCUT2D eigenvalue weighted by Gasteiger charge is 2.25. The average molecular weight is 421 g/mol. The predicted molar refractivity (Wildman–Crippen MR) is 125 cm³/mol. The van der Waals surface area contributed by atoms with Gasteiger partial charge in [0.25, 0.3) is 0 Å². The number of hydrogen-bond donors (Lipinski definition) is 0. The molecule has 0 bridgehead atoms. The Balaban J connectivity index is 1.72. The fraction of sp³-hybridized carbons (Fsp3) is 0.760. The molecule has 1 aromatic carbocycles. The molecule has 0 aliphatic heterocycles. The van der Waals surface area contributed by atoms with Crippen molar-refractivity contribution >= 4 is 9.28 Å². The Hall–Kier alpha value is -0.843. The van der Waals surface area contributed by atoms with Gasteiger partial charge in [0.05, 0.1) is 6.61 Å². The molecule has 0 aromatic heterocycles. The monoisotopic (exact) mass is 420 g/mol. The Morgan fingerprint density at radius 2 is 1.48 bits per heavy atom. The van der Waals surface area contributed by atoms with E-state index in [1.165, 1.54) is 37.7 Å². The maximum Gasteiger partial charge on any atom is 0.321 e. The first-order chi connectivity index (χ1) is 13.9. The summed E-state index contributed by atoms with van der Waals surface area (Å²) in [6, 6.07) is 9.87. The highest BCUT2D eigenvalue weighted by atomic mass is 28.3. The van der Waals surface area contributed by atoms with Gasteiger partial charge < -0.3 is 13.6 Å². The van der Waals surface area contributed by atoms with Crippen LogP contribution in [0.25, 0.3) is 0 Å². The molecule has 1 aliphatic carbocycles. The maximum absolute atomic E-state index is 5.99. The molecular weight excluding hydrogens is 376 g/mol. The second-order valence-corrected chi connectivity index (χ2v) is 11.3. The topological polar surface area (TPSA) is 27.7 Å². The Kier molecular flexibility index (Phi) is 10.7.